The molecule has 6 heteroatoms. The summed E-state index contributed by atoms with van der Waals surface area (Å²) < 4.78 is 28.4. The molecule has 0 saturated carbocycles. The van der Waals surface area contributed by atoms with E-state index in [9.17, 15) is 13.2 Å². The van der Waals surface area contributed by atoms with Crippen LogP contribution >= 0.6 is 0 Å². The number of sulfone groups is 1. The molecule has 0 N–H and O–H groups in total. The Hall–Kier alpha value is -2.34. The number of likely N-dealkylation sites (N-methyl/N-ethyl adjacent to an activating group) is 1. The van der Waals surface area contributed by atoms with Crippen LogP contribution < -0.4 is 4.74 Å². The van der Waals surface area contributed by atoms with E-state index in [0.717, 1.165) is 12.0 Å². The van der Waals surface area contributed by atoms with Gasteiger partial charge in [-0.05, 0) is 36.4 Å². The highest BCUT2D eigenvalue weighted by Crippen LogP contribution is 2.12. The smallest absolute Gasteiger partial charge is 0.253 e. The SMILES string of the molecule is CN(CCOc1ccccc1)C(=O)c1ccc(S(C)(=O)=O)cc1. The number of carbonyl (C=O) groups is 1. The standard InChI is InChI=1S/C17H19NO4S/c1-18(12-13-22-15-6-4-3-5-7-15)17(19)14-8-10-16(11-9-14)23(2,20)21/h3-11H,12-13H2,1-2H3. The van der Waals surface area contributed by atoms with Crippen molar-refractivity contribution in [1.82, 2.24) is 4.90 Å². The highest BCUT2D eigenvalue weighted by atomic mass is 32.2. The summed E-state index contributed by atoms with van der Waals surface area (Å²) in [5, 5.41) is 0. The highest BCUT2D eigenvalue weighted by Gasteiger charge is 2.13. The first-order valence-corrected chi connectivity index (χ1v) is 9.00. The summed E-state index contributed by atoms with van der Waals surface area (Å²) in [6, 6.07) is 15.3. The number of rotatable bonds is 6. The Bertz CT molecular complexity index is 755. The maximum Gasteiger partial charge on any atom is 0.253 e. The summed E-state index contributed by atoms with van der Waals surface area (Å²) in [5.74, 6) is 0.576. The fourth-order valence-corrected chi connectivity index (χ4v) is 2.61. The van der Waals surface area contributed by atoms with Crippen molar-refractivity contribution >= 4 is 15.7 Å². The van der Waals surface area contributed by atoms with Crippen LogP contribution in [-0.2, 0) is 9.84 Å². The first kappa shape index (κ1) is 17.0. The lowest BCUT2D eigenvalue weighted by Crippen LogP contribution is -2.30. The first-order chi connectivity index (χ1) is 10.9. The van der Waals surface area contributed by atoms with E-state index in [2.05, 4.69) is 0 Å². The fourth-order valence-electron chi connectivity index (χ4n) is 1.98. The van der Waals surface area contributed by atoms with Crippen molar-refractivity contribution in [2.24, 2.45) is 0 Å². The predicted molar refractivity (Wildman–Crippen MR) is 88.4 cm³/mol. The van der Waals surface area contributed by atoms with Gasteiger partial charge < -0.3 is 9.64 Å². The second-order valence-electron chi connectivity index (χ2n) is 5.18. The van der Waals surface area contributed by atoms with E-state index in [0.29, 0.717) is 18.7 Å². The van der Waals surface area contributed by atoms with Gasteiger partial charge in [-0.25, -0.2) is 8.42 Å². The zero-order valence-corrected chi connectivity index (χ0v) is 13.9. The molecular weight excluding hydrogens is 314 g/mol. The first-order valence-electron chi connectivity index (χ1n) is 7.11. The molecule has 0 bridgehead atoms. The van der Waals surface area contributed by atoms with Crippen molar-refractivity contribution in [3.05, 3.63) is 60.2 Å². The van der Waals surface area contributed by atoms with Crippen molar-refractivity contribution in [2.75, 3.05) is 26.5 Å². The minimum Gasteiger partial charge on any atom is -0.492 e. The molecule has 122 valence electrons. The molecule has 0 aliphatic carbocycles. The summed E-state index contributed by atoms with van der Waals surface area (Å²) in [6.45, 7) is 0.815. The number of benzene rings is 2. The molecule has 0 fully saturated rings. The molecule has 0 radical (unpaired) electrons. The van der Waals surface area contributed by atoms with E-state index >= 15 is 0 Å². The van der Waals surface area contributed by atoms with E-state index < -0.39 is 9.84 Å². The molecule has 0 saturated heterocycles. The van der Waals surface area contributed by atoms with Crippen molar-refractivity contribution in [3.8, 4) is 5.75 Å². The van der Waals surface area contributed by atoms with Crippen LogP contribution in [0.1, 0.15) is 10.4 Å². The molecule has 5 nitrogen and oxygen atoms in total. The van der Waals surface area contributed by atoms with Gasteiger partial charge in [0.15, 0.2) is 9.84 Å². The summed E-state index contributed by atoms with van der Waals surface area (Å²) in [4.78, 5) is 14.0. The molecule has 0 aliphatic heterocycles. The second-order valence-corrected chi connectivity index (χ2v) is 7.20. The molecule has 23 heavy (non-hydrogen) atoms. The van der Waals surface area contributed by atoms with Crippen LogP contribution in [0.15, 0.2) is 59.5 Å². The molecule has 0 heterocycles. The minimum atomic E-state index is -3.26. The largest absolute Gasteiger partial charge is 0.492 e. The molecule has 2 aromatic carbocycles. The van der Waals surface area contributed by atoms with Crippen LogP contribution in [-0.4, -0.2) is 45.7 Å². The second kappa shape index (κ2) is 7.28. The van der Waals surface area contributed by atoms with E-state index in [1.807, 2.05) is 30.3 Å². The maximum absolute atomic E-state index is 12.3. The number of nitrogens with zero attached hydrogens (tertiary/aromatic N) is 1. The molecule has 1 amide bonds. The molecular formula is C17H19NO4S. The van der Waals surface area contributed by atoms with E-state index in [4.69, 9.17) is 4.74 Å². The summed E-state index contributed by atoms with van der Waals surface area (Å²) in [6.07, 6.45) is 1.14. The quantitative estimate of drug-likeness (QED) is 0.813. The van der Waals surface area contributed by atoms with Gasteiger partial charge in [-0.3, -0.25) is 4.79 Å². The van der Waals surface area contributed by atoms with Gasteiger partial charge in [-0.2, -0.15) is 0 Å². The summed E-state index contributed by atoms with van der Waals surface area (Å²) >= 11 is 0. The van der Waals surface area contributed by atoms with Gasteiger partial charge in [0.25, 0.3) is 5.91 Å². The Morgan fingerprint density at radius 2 is 1.65 bits per heavy atom. The van der Waals surface area contributed by atoms with Crippen molar-refractivity contribution in [2.45, 2.75) is 4.90 Å². The zero-order chi connectivity index (χ0) is 16.9. The van der Waals surface area contributed by atoms with Gasteiger partial charge in [0.2, 0.25) is 0 Å². The molecule has 2 rings (SSSR count). The molecule has 0 aromatic heterocycles. The fraction of sp³-hybridized carbons (Fsp3) is 0.235. The number of carbonyl (C=O) groups excluding carboxylic acids is 1. The van der Waals surface area contributed by atoms with Gasteiger partial charge in [0, 0.05) is 18.9 Å². The van der Waals surface area contributed by atoms with Gasteiger partial charge in [-0.15, -0.1) is 0 Å². The Morgan fingerprint density at radius 1 is 1.04 bits per heavy atom. The molecule has 0 aliphatic rings. The average Bonchev–Trinajstić information content (AvgIpc) is 2.54. The van der Waals surface area contributed by atoms with Crippen LogP contribution in [0.5, 0.6) is 5.75 Å². The molecule has 0 unspecified atom stereocenters. The minimum absolute atomic E-state index is 0.179. The van der Waals surface area contributed by atoms with E-state index in [-0.39, 0.29) is 10.8 Å². The molecule has 0 atom stereocenters. The number of amides is 1. The number of hydrogen-bond acceptors (Lipinski definition) is 4. The van der Waals surface area contributed by atoms with Crippen molar-refractivity contribution < 1.29 is 17.9 Å². The number of hydrogen-bond donors (Lipinski definition) is 0. The number of para-hydroxylation sites is 1. The summed E-state index contributed by atoms with van der Waals surface area (Å²) in [5.41, 5.74) is 0.444. The third-order valence-corrected chi connectivity index (χ3v) is 4.44. The van der Waals surface area contributed by atoms with Crippen LogP contribution in [0.25, 0.3) is 0 Å². The lowest BCUT2D eigenvalue weighted by molar-refractivity contribution is 0.0773. The Labute approximate surface area is 136 Å². The lowest BCUT2D eigenvalue weighted by Gasteiger charge is -2.17. The zero-order valence-electron chi connectivity index (χ0n) is 13.1. The van der Waals surface area contributed by atoms with Crippen LogP contribution in [0, 0.1) is 0 Å². The molecule has 0 spiro atoms. The van der Waals surface area contributed by atoms with E-state index in [1.165, 1.54) is 24.3 Å². The van der Waals surface area contributed by atoms with Crippen LogP contribution in [0.4, 0.5) is 0 Å². The van der Waals surface area contributed by atoms with E-state index in [1.54, 1.807) is 11.9 Å². The third-order valence-electron chi connectivity index (χ3n) is 3.31. The maximum atomic E-state index is 12.3. The van der Waals surface area contributed by atoms with Gasteiger partial charge in [0.1, 0.15) is 12.4 Å². The Balaban J connectivity index is 1.92. The highest BCUT2D eigenvalue weighted by molar-refractivity contribution is 7.90. The van der Waals surface area contributed by atoms with Crippen molar-refractivity contribution in [3.63, 3.8) is 0 Å². The van der Waals surface area contributed by atoms with Gasteiger partial charge in [-0.1, -0.05) is 18.2 Å². The monoisotopic (exact) mass is 333 g/mol. The average molecular weight is 333 g/mol. The third kappa shape index (κ3) is 4.82. The van der Waals surface area contributed by atoms with Crippen molar-refractivity contribution in [1.29, 1.82) is 0 Å². The van der Waals surface area contributed by atoms with Crippen LogP contribution in [0.3, 0.4) is 0 Å². The topological polar surface area (TPSA) is 63.7 Å². The van der Waals surface area contributed by atoms with Gasteiger partial charge >= 0.3 is 0 Å². The number of ether oxygens (including phenoxy) is 1. The Kier molecular flexibility index (Phi) is 5.39. The normalized spacial score (nSPS) is 11.0. The van der Waals surface area contributed by atoms with Crippen LogP contribution in [0.2, 0.25) is 0 Å². The Morgan fingerprint density at radius 3 is 2.22 bits per heavy atom. The summed E-state index contributed by atoms with van der Waals surface area (Å²) in [7, 11) is -1.57. The lowest BCUT2D eigenvalue weighted by atomic mass is 10.2. The predicted octanol–water partition coefficient (Wildman–Crippen LogP) is 2.24. The van der Waals surface area contributed by atoms with Gasteiger partial charge in [0.05, 0.1) is 11.4 Å². The molecule has 2 aromatic rings.